The van der Waals surface area contributed by atoms with E-state index >= 15 is 0 Å². The number of ether oxygens (including phenoxy) is 1. The van der Waals surface area contributed by atoms with Crippen molar-refractivity contribution in [2.75, 3.05) is 26.0 Å². The predicted octanol–water partition coefficient (Wildman–Crippen LogP) is 3.48. The Bertz CT molecular complexity index is 1270. The van der Waals surface area contributed by atoms with Crippen LogP contribution >= 0.6 is 0 Å². The standard InChI is InChI=1S/C26H24N2O5/c1-28-14-18(15-10-11-21(29)22(30)13-15)23(24(31)16-6-5-7-17(12-16)33-2)26(28)19-8-3-4-9-20(19)27-25(26)32/h3-13,18,23,29-30H,14H2,1-2H3,(H,27,32). The number of nitrogens with zero attached hydrogens (tertiary/aromatic N) is 1. The number of hydrogen-bond acceptors (Lipinski definition) is 6. The molecule has 3 unspecified atom stereocenters. The molecule has 3 atom stereocenters. The van der Waals surface area contributed by atoms with Crippen LogP contribution in [0.3, 0.4) is 0 Å². The molecule has 2 aliphatic rings. The molecule has 7 nitrogen and oxygen atoms in total. The number of benzene rings is 3. The van der Waals surface area contributed by atoms with Gasteiger partial charge in [0, 0.05) is 29.3 Å². The largest absolute Gasteiger partial charge is 0.504 e. The number of methoxy groups -OCH3 is 1. The number of hydrogen-bond donors (Lipinski definition) is 3. The van der Waals surface area contributed by atoms with E-state index in [1.807, 2.05) is 36.2 Å². The van der Waals surface area contributed by atoms with Crippen molar-refractivity contribution in [2.45, 2.75) is 11.5 Å². The Morgan fingerprint density at radius 3 is 2.61 bits per heavy atom. The number of fused-ring (bicyclic) bond motifs is 2. The summed E-state index contributed by atoms with van der Waals surface area (Å²) >= 11 is 0. The molecule has 0 saturated carbocycles. The first-order valence-corrected chi connectivity index (χ1v) is 10.7. The molecule has 3 aromatic carbocycles. The molecule has 2 aliphatic heterocycles. The normalized spacial score (nSPS) is 24.0. The van der Waals surface area contributed by atoms with Gasteiger partial charge in [-0.3, -0.25) is 14.5 Å². The van der Waals surface area contributed by atoms with Crippen LogP contribution in [0.25, 0.3) is 0 Å². The quantitative estimate of drug-likeness (QED) is 0.421. The highest BCUT2D eigenvalue weighted by molar-refractivity contribution is 6.12. The zero-order chi connectivity index (χ0) is 23.3. The van der Waals surface area contributed by atoms with E-state index in [-0.39, 0.29) is 23.2 Å². The molecule has 0 aliphatic carbocycles. The molecule has 0 aromatic heterocycles. The number of phenols is 2. The lowest BCUT2D eigenvalue weighted by molar-refractivity contribution is -0.126. The molecule has 0 bridgehead atoms. The van der Waals surface area contributed by atoms with Gasteiger partial charge in [0.15, 0.2) is 17.3 Å². The lowest BCUT2D eigenvalue weighted by atomic mass is 9.70. The van der Waals surface area contributed by atoms with E-state index in [1.165, 1.54) is 19.2 Å². The van der Waals surface area contributed by atoms with E-state index in [4.69, 9.17) is 4.74 Å². The molecule has 1 spiro atoms. The van der Waals surface area contributed by atoms with Crippen molar-refractivity contribution in [3.8, 4) is 17.2 Å². The third-order valence-electron chi connectivity index (χ3n) is 6.92. The molecule has 1 fully saturated rings. The first kappa shape index (κ1) is 21.0. The molecule has 1 saturated heterocycles. The summed E-state index contributed by atoms with van der Waals surface area (Å²) in [5, 5.41) is 22.9. The van der Waals surface area contributed by atoms with Gasteiger partial charge in [-0.25, -0.2) is 0 Å². The minimum atomic E-state index is -1.21. The van der Waals surface area contributed by atoms with Gasteiger partial charge >= 0.3 is 0 Å². The summed E-state index contributed by atoms with van der Waals surface area (Å²) < 4.78 is 5.32. The highest BCUT2D eigenvalue weighted by Gasteiger charge is 2.64. The molecule has 0 radical (unpaired) electrons. The predicted molar refractivity (Wildman–Crippen MR) is 123 cm³/mol. The molecular formula is C26H24N2O5. The van der Waals surface area contributed by atoms with Crippen LogP contribution in [-0.2, 0) is 10.3 Å². The van der Waals surface area contributed by atoms with E-state index < -0.39 is 17.4 Å². The van der Waals surface area contributed by atoms with Gasteiger partial charge < -0.3 is 20.3 Å². The van der Waals surface area contributed by atoms with Gasteiger partial charge in [0.1, 0.15) is 11.3 Å². The van der Waals surface area contributed by atoms with Gasteiger partial charge in [-0.15, -0.1) is 0 Å². The second kappa shape index (κ2) is 7.64. The number of carbonyl (C=O) groups is 2. The molecule has 1 amide bonds. The number of likely N-dealkylation sites (N-methyl/N-ethyl adjacent to an activating group) is 1. The van der Waals surface area contributed by atoms with Crippen LogP contribution in [0.15, 0.2) is 66.7 Å². The fourth-order valence-electron chi connectivity index (χ4n) is 5.42. The number of amides is 1. The maximum absolute atomic E-state index is 14.1. The Kier molecular flexibility index (Phi) is 4.87. The second-order valence-electron chi connectivity index (χ2n) is 8.58. The van der Waals surface area contributed by atoms with Crippen LogP contribution in [-0.4, -0.2) is 47.5 Å². The highest BCUT2D eigenvalue weighted by Crippen LogP contribution is 2.56. The summed E-state index contributed by atoms with van der Waals surface area (Å²) in [5.41, 5.74) is 1.34. The van der Waals surface area contributed by atoms with E-state index in [2.05, 4.69) is 5.32 Å². The third-order valence-corrected chi connectivity index (χ3v) is 6.92. The van der Waals surface area contributed by atoms with Gasteiger partial charge in [-0.1, -0.05) is 36.4 Å². The number of phenolic OH excluding ortho intramolecular Hbond substituents is 2. The van der Waals surface area contributed by atoms with Crippen molar-refractivity contribution >= 4 is 17.4 Å². The highest BCUT2D eigenvalue weighted by atomic mass is 16.5. The molecule has 3 aromatic rings. The lowest BCUT2D eigenvalue weighted by Crippen LogP contribution is -2.51. The van der Waals surface area contributed by atoms with Crippen LogP contribution < -0.4 is 10.1 Å². The first-order valence-electron chi connectivity index (χ1n) is 10.7. The first-order chi connectivity index (χ1) is 15.9. The van der Waals surface area contributed by atoms with Crippen LogP contribution in [0.5, 0.6) is 17.2 Å². The SMILES string of the molecule is COc1cccc(C(=O)C2C(c3ccc(O)c(O)c3)CN(C)C23C(=O)Nc2ccccc23)c1. The number of ketones is 1. The second-order valence-corrected chi connectivity index (χ2v) is 8.58. The molecule has 33 heavy (non-hydrogen) atoms. The van der Waals surface area contributed by atoms with Crippen molar-refractivity contribution in [1.82, 2.24) is 4.90 Å². The topological polar surface area (TPSA) is 99.1 Å². The number of rotatable bonds is 4. The van der Waals surface area contributed by atoms with Crippen molar-refractivity contribution in [1.29, 1.82) is 0 Å². The van der Waals surface area contributed by atoms with Crippen molar-refractivity contribution in [2.24, 2.45) is 5.92 Å². The van der Waals surface area contributed by atoms with E-state index in [0.29, 0.717) is 29.1 Å². The van der Waals surface area contributed by atoms with Crippen molar-refractivity contribution < 1.29 is 24.5 Å². The minimum Gasteiger partial charge on any atom is -0.504 e. The Hall–Kier alpha value is -3.84. The summed E-state index contributed by atoms with van der Waals surface area (Å²) in [6.45, 7) is 0.409. The van der Waals surface area contributed by atoms with Gasteiger partial charge in [-0.2, -0.15) is 0 Å². The Morgan fingerprint density at radius 1 is 1.06 bits per heavy atom. The monoisotopic (exact) mass is 444 g/mol. The smallest absolute Gasteiger partial charge is 0.250 e. The van der Waals surface area contributed by atoms with Crippen LogP contribution in [0, 0.1) is 5.92 Å². The number of nitrogens with one attached hydrogen (secondary N) is 1. The van der Waals surface area contributed by atoms with Crippen LogP contribution in [0.1, 0.15) is 27.4 Å². The number of likely N-dealkylation sites (tertiary alicyclic amines) is 1. The zero-order valence-corrected chi connectivity index (χ0v) is 18.3. The van der Waals surface area contributed by atoms with E-state index in [9.17, 15) is 19.8 Å². The molecular weight excluding hydrogens is 420 g/mol. The maximum Gasteiger partial charge on any atom is 0.250 e. The number of para-hydroxylation sites is 1. The zero-order valence-electron chi connectivity index (χ0n) is 18.3. The molecule has 168 valence electrons. The average Bonchev–Trinajstić information content (AvgIpc) is 3.30. The fraction of sp³-hybridized carbons (Fsp3) is 0.231. The summed E-state index contributed by atoms with van der Waals surface area (Å²) in [5.74, 6) is -1.57. The van der Waals surface area contributed by atoms with Gasteiger partial charge in [-0.05, 0) is 42.9 Å². The molecule has 7 heteroatoms. The molecule has 2 heterocycles. The number of Topliss-reactive ketones (excluding diaryl/α,β-unsaturated/α-hetero) is 1. The van der Waals surface area contributed by atoms with E-state index in [0.717, 1.165) is 5.56 Å². The van der Waals surface area contributed by atoms with Crippen LogP contribution in [0.4, 0.5) is 5.69 Å². The van der Waals surface area contributed by atoms with Gasteiger partial charge in [0.2, 0.25) is 5.91 Å². The van der Waals surface area contributed by atoms with Crippen molar-refractivity contribution in [3.05, 3.63) is 83.4 Å². The summed E-state index contributed by atoms with van der Waals surface area (Å²) in [7, 11) is 3.38. The summed E-state index contributed by atoms with van der Waals surface area (Å²) in [6.07, 6.45) is 0. The van der Waals surface area contributed by atoms with Gasteiger partial charge in [0.25, 0.3) is 0 Å². The minimum absolute atomic E-state index is 0.192. The molecule has 5 rings (SSSR count). The van der Waals surface area contributed by atoms with Crippen LogP contribution in [0.2, 0.25) is 0 Å². The molecule has 3 N–H and O–H groups in total. The number of anilines is 1. The lowest BCUT2D eigenvalue weighted by Gasteiger charge is -2.35. The third kappa shape index (κ3) is 3.00. The Morgan fingerprint density at radius 2 is 1.85 bits per heavy atom. The average molecular weight is 444 g/mol. The summed E-state index contributed by atoms with van der Waals surface area (Å²) in [6, 6.07) is 18.9. The Labute approximate surface area is 191 Å². The number of carbonyl (C=O) groups excluding carboxylic acids is 2. The summed E-state index contributed by atoms with van der Waals surface area (Å²) in [4.78, 5) is 29.7. The fourth-order valence-corrected chi connectivity index (χ4v) is 5.42. The van der Waals surface area contributed by atoms with E-state index in [1.54, 1.807) is 30.3 Å². The number of aromatic hydroxyl groups is 2. The van der Waals surface area contributed by atoms with Gasteiger partial charge in [0.05, 0.1) is 13.0 Å². The Balaban J connectivity index is 1.73. The maximum atomic E-state index is 14.1. The van der Waals surface area contributed by atoms with Crippen molar-refractivity contribution in [3.63, 3.8) is 0 Å².